The molecule has 0 aliphatic rings. The first-order chi connectivity index (χ1) is 5.33. The molecule has 0 unspecified atom stereocenters. The van der Waals surface area contributed by atoms with Gasteiger partial charge in [0.2, 0.25) is 0 Å². The average Bonchev–Trinajstić information content (AvgIpc) is 2.04. The summed E-state index contributed by atoms with van der Waals surface area (Å²) in [5.74, 6) is 0. The van der Waals surface area contributed by atoms with Gasteiger partial charge < -0.3 is 0 Å². The van der Waals surface area contributed by atoms with E-state index in [4.69, 9.17) is 4.89 Å². The highest BCUT2D eigenvalue weighted by molar-refractivity contribution is 5.11. The van der Waals surface area contributed by atoms with Gasteiger partial charge in [0.15, 0.2) is 0 Å². The zero-order valence-corrected chi connectivity index (χ0v) is 6.70. The minimum absolute atomic E-state index is 0.448. The van der Waals surface area contributed by atoms with Crippen molar-refractivity contribution in [2.45, 2.75) is 13.5 Å². The minimum atomic E-state index is 0.448. The van der Waals surface area contributed by atoms with Gasteiger partial charge in [-0.05, 0) is 18.6 Å². The quantitative estimate of drug-likeness (QED) is 0.486. The van der Waals surface area contributed by atoms with Gasteiger partial charge in [0.05, 0.1) is 7.11 Å². The Kier molecular flexibility index (Phi) is 3.01. The van der Waals surface area contributed by atoms with Crippen molar-refractivity contribution in [1.29, 1.82) is 0 Å². The van der Waals surface area contributed by atoms with E-state index in [1.165, 1.54) is 7.11 Å². The Morgan fingerprint density at radius 3 is 2.82 bits per heavy atom. The number of aryl methyl sites for hydroxylation is 1. The van der Waals surface area contributed by atoms with E-state index in [9.17, 15) is 0 Å². The number of rotatable bonds is 3. The fourth-order valence-corrected chi connectivity index (χ4v) is 0.711. The van der Waals surface area contributed by atoms with Gasteiger partial charge in [-0.3, -0.25) is 4.98 Å². The lowest BCUT2D eigenvalue weighted by Gasteiger charge is -1.99. The van der Waals surface area contributed by atoms with Crippen molar-refractivity contribution >= 4 is 0 Å². The molecule has 0 aliphatic carbocycles. The van der Waals surface area contributed by atoms with E-state index in [-0.39, 0.29) is 0 Å². The second-order valence-corrected chi connectivity index (χ2v) is 2.24. The van der Waals surface area contributed by atoms with Crippen LogP contribution in [0.4, 0.5) is 0 Å². The molecule has 1 aromatic heterocycles. The molecule has 0 bridgehead atoms. The van der Waals surface area contributed by atoms with Crippen molar-refractivity contribution in [3.8, 4) is 0 Å². The standard InChI is InChI=1S/C8H11NO2/c1-7-3-4-8(5-9-7)6-11-10-2/h3-5H,6H2,1-2H3. The average molecular weight is 153 g/mol. The fraction of sp³-hybridized carbons (Fsp3) is 0.375. The molecule has 1 heterocycles. The molecular weight excluding hydrogens is 142 g/mol. The number of hydrogen-bond acceptors (Lipinski definition) is 3. The van der Waals surface area contributed by atoms with Crippen LogP contribution >= 0.6 is 0 Å². The zero-order chi connectivity index (χ0) is 8.10. The summed E-state index contributed by atoms with van der Waals surface area (Å²) in [5, 5.41) is 0. The van der Waals surface area contributed by atoms with Crippen molar-refractivity contribution in [1.82, 2.24) is 4.98 Å². The van der Waals surface area contributed by atoms with Crippen LogP contribution in [0.3, 0.4) is 0 Å². The van der Waals surface area contributed by atoms with Gasteiger partial charge in [0.1, 0.15) is 6.61 Å². The van der Waals surface area contributed by atoms with Gasteiger partial charge >= 0.3 is 0 Å². The van der Waals surface area contributed by atoms with E-state index < -0.39 is 0 Å². The molecule has 0 saturated heterocycles. The highest BCUT2D eigenvalue weighted by atomic mass is 17.2. The maximum atomic E-state index is 4.72. The van der Waals surface area contributed by atoms with E-state index in [0.29, 0.717) is 6.61 Å². The van der Waals surface area contributed by atoms with Crippen molar-refractivity contribution in [3.63, 3.8) is 0 Å². The molecule has 0 aromatic carbocycles. The number of nitrogens with zero attached hydrogens (tertiary/aromatic N) is 1. The Bertz CT molecular complexity index is 208. The highest BCUT2D eigenvalue weighted by Gasteiger charge is 1.91. The van der Waals surface area contributed by atoms with Crippen molar-refractivity contribution in [3.05, 3.63) is 29.6 Å². The van der Waals surface area contributed by atoms with Gasteiger partial charge in [-0.1, -0.05) is 6.07 Å². The van der Waals surface area contributed by atoms with Crippen LogP contribution in [-0.2, 0) is 16.4 Å². The molecule has 0 radical (unpaired) electrons. The number of aromatic nitrogens is 1. The van der Waals surface area contributed by atoms with E-state index in [0.717, 1.165) is 11.3 Å². The third kappa shape index (κ3) is 2.65. The summed E-state index contributed by atoms with van der Waals surface area (Å²) in [5.41, 5.74) is 2.02. The molecule has 0 saturated carbocycles. The SMILES string of the molecule is COOCc1ccc(C)nc1. The molecule has 0 spiro atoms. The lowest BCUT2D eigenvalue weighted by molar-refractivity contribution is -0.282. The van der Waals surface area contributed by atoms with Crippen LogP contribution in [-0.4, -0.2) is 12.1 Å². The molecule has 0 N–H and O–H groups in total. The largest absolute Gasteiger partial charge is 0.261 e. The fourth-order valence-electron chi connectivity index (χ4n) is 0.711. The van der Waals surface area contributed by atoms with E-state index in [1.54, 1.807) is 6.20 Å². The molecule has 3 heteroatoms. The van der Waals surface area contributed by atoms with E-state index >= 15 is 0 Å². The van der Waals surface area contributed by atoms with Crippen LogP contribution in [0.1, 0.15) is 11.3 Å². The lowest BCUT2D eigenvalue weighted by atomic mass is 10.3. The van der Waals surface area contributed by atoms with Crippen molar-refractivity contribution in [2.24, 2.45) is 0 Å². The molecule has 0 amide bonds. The highest BCUT2D eigenvalue weighted by Crippen LogP contribution is 2.00. The number of pyridine rings is 1. The normalized spacial score (nSPS) is 10.0. The lowest BCUT2D eigenvalue weighted by Crippen LogP contribution is -1.92. The Hall–Kier alpha value is -0.930. The van der Waals surface area contributed by atoms with Gasteiger partial charge in [0, 0.05) is 11.9 Å². The monoisotopic (exact) mass is 153 g/mol. The summed E-state index contributed by atoms with van der Waals surface area (Å²) in [6, 6.07) is 3.90. The summed E-state index contributed by atoms with van der Waals surface area (Å²) >= 11 is 0. The van der Waals surface area contributed by atoms with Gasteiger partial charge in [-0.15, -0.1) is 0 Å². The molecule has 60 valence electrons. The predicted octanol–water partition coefficient (Wildman–Crippen LogP) is 1.47. The maximum absolute atomic E-state index is 4.72. The Morgan fingerprint density at radius 1 is 1.45 bits per heavy atom. The Labute approximate surface area is 65.9 Å². The summed E-state index contributed by atoms with van der Waals surface area (Å²) in [4.78, 5) is 13.3. The Balaban J connectivity index is 2.52. The molecule has 3 nitrogen and oxygen atoms in total. The van der Waals surface area contributed by atoms with Crippen LogP contribution in [0.2, 0.25) is 0 Å². The van der Waals surface area contributed by atoms with Crippen LogP contribution < -0.4 is 0 Å². The number of hydrogen-bond donors (Lipinski definition) is 0. The molecule has 0 aliphatic heterocycles. The summed E-state index contributed by atoms with van der Waals surface area (Å²) in [6.45, 7) is 2.39. The first-order valence-electron chi connectivity index (χ1n) is 3.40. The first-order valence-corrected chi connectivity index (χ1v) is 3.40. The topological polar surface area (TPSA) is 31.4 Å². The van der Waals surface area contributed by atoms with Crippen LogP contribution in [0, 0.1) is 6.92 Å². The van der Waals surface area contributed by atoms with Gasteiger partial charge in [0.25, 0.3) is 0 Å². The van der Waals surface area contributed by atoms with E-state index in [2.05, 4.69) is 9.87 Å². The Morgan fingerprint density at radius 2 is 2.27 bits per heavy atom. The predicted molar refractivity (Wildman–Crippen MR) is 40.8 cm³/mol. The minimum Gasteiger partial charge on any atom is -0.261 e. The molecular formula is C8H11NO2. The summed E-state index contributed by atoms with van der Waals surface area (Å²) < 4.78 is 0. The van der Waals surface area contributed by atoms with Gasteiger partial charge in [-0.2, -0.15) is 0 Å². The molecule has 1 aromatic rings. The second kappa shape index (κ2) is 4.05. The van der Waals surface area contributed by atoms with Crippen molar-refractivity contribution in [2.75, 3.05) is 7.11 Å². The third-order valence-corrected chi connectivity index (χ3v) is 1.32. The first kappa shape index (κ1) is 8.17. The summed E-state index contributed by atoms with van der Waals surface area (Å²) in [7, 11) is 1.49. The van der Waals surface area contributed by atoms with Crippen molar-refractivity contribution < 1.29 is 9.78 Å². The van der Waals surface area contributed by atoms with Crippen LogP contribution in [0.5, 0.6) is 0 Å². The smallest absolute Gasteiger partial charge is 0.109 e. The molecule has 0 fully saturated rings. The van der Waals surface area contributed by atoms with Crippen LogP contribution in [0.15, 0.2) is 18.3 Å². The zero-order valence-electron chi connectivity index (χ0n) is 6.70. The van der Waals surface area contributed by atoms with Gasteiger partial charge in [-0.25, -0.2) is 9.78 Å². The maximum Gasteiger partial charge on any atom is 0.109 e. The third-order valence-electron chi connectivity index (χ3n) is 1.32. The summed E-state index contributed by atoms with van der Waals surface area (Å²) in [6.07, 6.45) is 1.77. The van der Waals surface area contributed by atoms with E-state index in [1.807, 2.05) is 19.1 Å². The molecule has 11 heavy (non-hydrogen) atoms. The molecule has 0 atom stereocenters. The van der Waals surface area contributed by atoms with Crippen LogP contribution in [0.25, 0.3) is 0 Å². The second-order valence-electron chi connectivity index (χ2n) is 2.24. The molecule has 1 rings (SSSR count).